The van der Waals surface area contributed by atoms with E-state index >= 15 is 0 Å². The molecule has 0 saturated carbocycles. The van der Waals surface area contributed by atoms with Crippen molar-refractivity contribution in [1.29, 1.82) is 0 Å². The fourth-order valence-electron chi connectivity index (χ4n) is 4.14. The molecule has 1 aliphatic heterocycles. The van der Waals surface area contributed by atoms with E-state index in [0.717, 1.165) is 21.7 Å². The Kier molecular flexibility index (Phi) is 5.22. The Morgan fingerprint density at radius 2 is 2.00 bits per heavy atom. The quantitative estimate of drug-likeness (QED) is 0.823. The number of rotatable bonds is 5. The third kappa shape index (κ3) is 3.44. The zero-order chi connectivity index (χ0) is 19.7. The van der Waals surface area contributed by atoms with Gasteiger partial charge in [0, 0.05) is 34.9 Å². The second-order valence-electron chi connectivity index (χ2n) is 7.08. The van der Waals surface area contributed by atoms with Crippen molar-refractivity contribution in [3.8, 4) is 11.5 Å². The molecule has 28 heavy (non-hydrogen) atoms. The molecule has 1 aliphatic carbocycles. The first-order valence-corrected chi connectivity index (χ1v) is 10.4. The number of benzene rings is 1. The number of carbonyl (C=O) groups excluding carboxylic acids is 2. The van der Waals surface area contributed by atoms with E-state index in [1.807, 2.05) is 42.6 Å². The standard InChI is InChI=1S/C22H23NO4S/c1-3-27-18-7-6-13(11-19(18)26-2)14-9-16-22(17(24)10-14)15(12-21(25)23-16)20-5-4-8-28-20/h4-8,11,14-15H,3,9-10,12H2,1-2H3,(H,23,25). The number of ketones is 1. The van der Waals surface area contributed by atoms with Crippen LogP contribution >= 0.6 is 11.3 Å². The van der Waals surface area contributed by atoms with E-state index in [4.69, 9.17) is 9.47 Å². The summed E-state index contributed by atoms with van der Waals surface area (Å²) in [6, 6.07) is 9.79. The predicted octanol–water partition coefficient (Wildman–Crippen LogP) is 4.16. The van der Waals surface area contributed by atoms with Crippen LogP contribution in [0.3, 0.4) is 0 Å². The Morgan fingerprint density at radius 1 is 1.14 bits per heavy atom. The van der Waals surface area contributed by atoms with Gasteiger partial charge in [-0.2, -0.15) is 0 Å². The summed E-state index contributed by atoms with van der Waals surface area (Å²) < 4.78 is 11.0. The fraction of sp³-hybridized carbons (Fsp3) is 0.364. The summed E-state index contributed by atoms with van der Waals surface area (Å²) in [6.07, 6.45) is 1.42. The van der Waals surface area contributed by atoms with E-state index in [2.05, 4.69) is 5.32 Å². The van der Waals surface area contributed by atoms with Crippen LogP contribution in [0.5, 0.6) is 11.5 Å². The molecule has 1 aromatic carbocycles. The van der Waals surface area contributed by atoms with Crippen LogP contribution in [0.1, 0.15) is 48.5 Å². The molecule has 6 heteroatoms. The van der Waals surface area contributed by atoms with E-state index < -0.39 is 0 Å². The first-order chi connectivity index (χ1) is 13.6. The maximum absolute atomic E-state index is 13.1. The minimum absolute atomic E-state index is 0.0122. The van der Waals surface area contributed by atoms with Crippen LogP contribution in [0, 0.1) is 0 Å². The summed E-state index contributed by atoms with van der Waals surface area (Å²) >= 11 is 1.60. The first kappa shape index (κ1) is 18.7. The molecule has 2 unspecified atom stereocenters. The summed E-state index contributed by atoms with van der Waals surface area (Å²) in [7, 11) is 1.61. The minimum atomic E-state index is -0.118. The number of amides is 1. The topological polar surface area (TPSA) is 64.6 Å². The van der Waals surface area contributed by atoms with Crippen LogP contribution in [0.4, 0.5) is 0 Å². The van der Waals surface area contributed by atoms with Crippen molar-refractivity contribution < 1.29 is 19.1 Å². The summed E-state index contributed by atoms with van der Waals surface area (Å²) in [5.41, 5.74) is 2.59. The van der Waals surface area contributed by atoms with Gasteiger partial charge in [-0.05, 0) is 48.4 Å². The van der Waals surface area contributed by atoms with Gasteiger partial charge in [-0.15, -0.1) is 11.3 Å². The van der Waals surface area contributed by atoms with Gasteiger partial charge < -0.3 is 14.8 Å². The van der Waals surface area contributed by atoms with Gasteiger partial charge in [0.25, 0.3) is 0 Å². The lowest BCUT2D eigenvalue weighted by atomic mass is 9.75. The number of nitrogens with one attached hydrogen (secondary N) is 1. The fourth-order valence-corrected chi connectivity index (χ4v) is 4.98. The van der Waals surface area contributed by atoms with Crippen molar-refractivity contribution in [2.75, 3.05) is 13.7 Å². The number of ether oxygens (including phenoxy) is 2. The second-order valence-corrected chi connectivity index (χ2v) is 8.06. The van der Waals surface area contributed by atoms with E-state index in [1.165, 1.54) is 0 Å². The number of Topliss-reactive ketones (excluding diaryl/α,β-unsaturated/α-hetero) is 1. The molecule has 2 heterocycles. The largest absolute Gasteiger partial charge is 0.493 e. The van der Waals surface area contributed by atoms with E-state index in [1.54, 1.807) is 18.4 Å². The Balaban J connectivity index is 1.66. The smallest absolute Gasteiger partial charge is 0.225 e. The van der Waals surface area contributed by atoms with Gasteiger partial charge in [0.05, 0.1) is 13.7 Å². The number of methoxy groups -OCH3 is 1. The van der Waals surface area contributed by atoms with Gasteiger partial charge in [0.15, 0.2) is 17.3 Å². The van der Waals surface area contributed by atoms with Crippen molar-refractivity contribution in [1.82, 2.24) is 5.32 Å². The maximum Gasteiger partial charge on any atom is 0.225 e. The number of hydrogen-bond donors (Lipinski definition) is 1. The molecule has 1 N–H and O–H groups in total. The molecule has 2 atom stereocenters. The minimum Gasteiger partial charge on any atom is -0.493 e. The molecule has 0 fully saturated rings. The molecule has 5 nitrogen and oxygen atoms in total. The van der Waals surface area contributed by atoms with Crippen LogP contribution < -0.4 is 14.8 Å². The van der Waals surface area contributed by atoms with E-state index in [-0.39, 0.29) is 23.5 Å². The highest BCUT2D eigenvalue weighted by Crippen LogP contribution is 2.44. The van der Waals surface area contributed by atoms with Gasteiger partial charge in [-0.3, -0.25) is 9.59 Å². The zero-order valence-corrected chi connectivity index (χ0v) is 16.8. The summed E-state index contributed by atoms with van der Waals surface area (Å²) in [4.78, 5) is 26.5. The first-order valence-electron chi connectivity index (χ1n) is 9.51. The van der Waals surface area contributed by atoms with Gasteiger partial charge >= 0.3 is 0 Å². The Bertz CT molecular complexity index is 932. The van der Waals surface area contributed by atoms with Crippen molar-refractivity contribution in [2.45, 2.75) is 38.0 Å². The third-order valence-corrected chi connectivity index (χ3v) is 6.37. The molecule has 2 aliphatic rings. The molecule has 0 radical (unpaired) electrons. The summed E-state index contributed by atoms with van der Waals surface area (Å²) in [5.74, 6) is 1.35. The molecule has 0 bridgehead atoms. The number of allylic oxidation sites excluding steroid dienone is 2. The monoisotopic (exact) mass is 397 g/mol. The number of hydrogen-bond acceptors (Lipinski definition) is 5. The highest BCUT2D eigenvalue weighted by atomic mass is 32.1. The lowest BCUT2D eigenvalue weighted by Gasteiger charge is -2.34. The normalized spacial score (nSPS) is 21.9. The summed E-state index contributed by atoms with van der Waals surface area (Å²) in [5, 5.41) is 4.96. The van der Waals surface area contributed by atoms with Crippen LogP contribution in [0.25, 0.3) is 0 Å². The molecule has 4 rings (SSSR count). The van der Waals surface area contributed by atoms with Crippen molar-refractivity contribution >= 4 is 23.0 Å². The van der Waals surface area contributed by atoms with E-state index in [9.17, 15) is 9.59 Å². The lowest BCUT2D eigenvalue weighted by molar-refractivity contribution is -0.122. The maximum atomic E-state index is 13.1. The predicted molar refractivity (Wildman–Crippen MR) is 108 cm³/mol. The molecule has 1 amide bonds. The number of carbonyl (C=O) groups is 2. The summed E-state index contributed by atoms with van der Waals surface area (Å²) in [6.45, 7) is 2.49. The van der Waals surface area contributed by atoms with Crippen LogP contribution in [0.15, 0.2) is 47.0 Å². The highest BCUT2D eigenvalue weighted by molar-refractivity contribution is 7.10. The van der Waals surface area contributed by atoms with Gasteiger partial charge in [-0.25, -0.2) is 0 Å². The highest BCUT2D eigenvalue weighted by Gasteiger charge is 2.38. The number of thiophene rings is 1. The van der Waals surface area contributed by atoms with Gasteiger partial charge in [0.2, 0.25) is 5.91 Å². The molecule has 0 spiro atoms. The SMILES string of the molecule is CCOc1ccc(C2CC(=O)C3=C(C2)NC(=O)CC3c2cccs2)cc1OC. The van der Waals surface area contributed by atoms with Crippen LogP contribution in [-0.4, -0.2) is 25.4 Å². The Morgan fingerprint density at radius 3 is 2.71 bits per heavy atom. The second kappa shape index (κ2) is 7.80. The van der Waals surface area contributed by atoms with Crippen molar-refractivity contribution in [2.24, 2.45) is 0 Å². The average Bonchev–Trinajstić information content (AvgIpc) is 3.22. The lowest BCUT2D eigenvalue weighted by Crippen LogP contribution is -2.37. The van der Waals surface area contributed by atoms with Gasteiger partial charge in [-0.1, -0.05) is 12.1 Å². The van der Waals surface area contributed by atoms with Crippen molar-refractivity contribution in [3.63, 3.8) is 0 Å². The average molecular weight is 397 g/mol. The van der Waals surface area contributed by atoms with E-state index in [0.29, 0.717) is 37.4 Å². The molecular weight excluding hydrogens is 374 g/mol. The van der Waals surface area contributed by atoms with Crippen LogP contribution in [0.2, 0.25) is 0 Å². The molecule has 2 aromatic rings. The van der Waals surface area contributed by atoms with Crippen LogP contribution in [-0.2, 0) is 9.59 Å². The molecule has 1 aromatic heterocycles. The van der Waals surface area contributed by atoms with Crippen molar-refractivity contribution in [3.05, 3.63) is 57.4 Å². The molecule has 0 saturated heterocycles. The zero-order valence-electron chi connectivity index (χ0n) is 16.0. The Labute approximate surface area is 168 Å². The molecule has 146 valence electrons. The van der Waals surface area contributed by atoms with Gasteiger partial charge in [0.1, 0.15) is 0 Å². The Hall–Kier alpha value is -2.60. The molecular formula is C22H23NO4S. The third-order valence-electron chi connectivity index (χ3n) is 5.38.